The molecule has 0 N–H and O–H groups in total. The van der Waals surface area contributed by atoms with Gasteiger partial charge in [-0.05, 0) is 17.9 Å². The fourth-order valence-corrected chi connectivity index (χ4v) is 1.51. The Morgan fingerprint density at radius 1 is 1.24 bits per heavy atom. The van der Waals surface area contributed by atoms with Crippen LogP contribution in [0.5, 0.6) is 0 Å². The normalized spacial score (nSPS) is 12.5. The molecule has 1 atom stereocenters. The number of hydrogen-bond acceptors (Lipinski definition) is 3. The van der Waals surface area contributed by atoms with Crippen LogP contribution in [0.4, 0.5) is 0 Å². The third-order valence-electron chi connectivity index (χ3n) is 2.37. The van der Waals surface area contributed by atoms with E-state index in [1.807, 2.05) is 51.1 Å². The summed E-state index contributed by atoms with van der Waals surface area (Å²) in [5.74, 6) is -0.0303. The van der Waals surface area contributed by atoms with Gasteiger partial charge in [-0.1, -0.05) is 51.1 Å². The first-order chi connectivity index (χ1) is 8.13. The van der Waals surface area contributed by atoms with Gasteiger partial charge in [-0.3, -0.25) is 4.89 Å². The molecule has 1 unspecified atom stereocenters. The highest BCUT2D eigenvalue weighted by molar-refractivity contribution is 5.68. The maximum absolute atomic E-state index is 11.4. The lowest BCUT2D eigenvalue weighted by Crippen LogP contribution is -2.11. The summed E-state index contributed by atoms with van der Waals surface area (Å²) in [6.45, 7) is 5.93. The van der Waals surface area contributed by atoms with Gasteiger partial charge in [-0.25, -0.2) is 4.79 Å². The molecule has 94 valence electrons. The van der Waals surface area contributed by atoms with E-state index < -0.39 is 0 Å². The van der Waals surface area contributed by atoms with Crippen molar-refractivity contribution in [3.8, 4) is 0 Å². The molecule has 3 heteroatoms. The van der Waals surface area contributed by atoms with E-state index in [0.717, 1.165) is 12.0 Å². The van der Waals surface area contributed by atoms with Crippen molar-refractivity contribution in [3.05, 3.63) is 35.9 Å². The molecule has 0 aliphatic rings. The Bertz CT molecular complexity index is 333. The zero-order chi connectivity index (χ0) is 12.7. The summed E-state index contributed by atoms with van der Waals surface area (Å²) in [5, 5.41) is 0. The average molecular weight is 236 g/mol. The van der Waals surface area contributed by atoms with E-state index in [-0.39, 0.29) is 18.0 Å². The number of hydrogen-bond donors (Lipinski definition) is 0. The molecule has 1 aromatic carbocycles. The average Bonchev–Trinajstić information content (AvgIpc) is 2.30. The quantitative estimate of drug-likeness (QED) is 0.558. The molecule has 0 bridgehead atoms. The number of carbonyl (C=O) groups is 1. The fraction of sp³-hybridized carbons (Fsp3) is 0.500. The molecule has 0 aliphatic carbocycles. The van der Waals surface area contributed by atoms with Crippen molar-refractivity contribution in [1.29, 1.82) is 0 Å². The summed E-state index contributed by atoms with van der Waals surface area (Å²) < 4.78 is 0. The third-order valence-corrected chi connectivity index (χ3v) is 2.37. The van der Waals surface area contributed by atoms with Crippen LogP contribution in [0.1, 0.15) is 45.3 Å². The lowest BCUT2D eigenvalue weighted by molar-refractivity contribution is -0.301. The van der Waals surface area contributed by atoms with Crippen molar-refractivity contribution in [2.45, 2.75) is 39.7 Å². The largest absolute Gasteiger partial charge is 0.342 e. The van der Waals surface area contributed by atoms with Crippen molar-refractivity contribution in [1.82, 2.24) is 0 Å². The number of rotatable bonds is 6. The zero-order valence-corrected chi connectivity index (χ0v) is 10.7. The molecule has 0 radical (unpaired) electrons. The SMILES string of the molecule is CCC(OOC(=O)CC(C)C)c1ccccc1. The maximum atomic E-state index is 11.4. The van der Waals surface area contributed by atoms with E-state index in [9.17, 15) is 4.79 Å². The lowest BCUT2D eigenvalue weighted by atomic mass is 10.1. The second kappa shape index (κ2) is 7.07. The van der Waals surface area contributed by atoms with Crippen molar-refractivity contribution >= 4 is 5.97 Å². The molecule has 0 saturated carbocycles. The van der Waals surface area contributed by atoms with E-state index in [2.05, 4.69) is 0 Å². The van der Waals surface area contributed by atoms with Crippen LogP contribution in [0.3, 0.4) is 0 Å². The second-order valence-corrected chi connectivity index (χ2v) is 4.46. The van der Waals surface area contributed by atoms with Gasteiger partial charge in [0, 0.05) is 0 Å². The predicted octanol–water partition coefficient (Wildman–Crippen LogP) is 3.66. The molecule has 0 amide bonds. The molecule has 1 rings (SSSR count). The first kappa shape index (κ1) is 13.7. The first-order valence-electron chi connectivity index (χ1n) is 6.04. The van der Waals surface area contributed by atoms with E-state index in [1.54, 1.807) is 0 Å². The van der Waals surface area contributed by atoms with Gasteiger partial charge in [0.15, 0.2) is 0 Å². The highest BCUT2D eigenvalue weighted by Crippen LogP contribution is 2.21. The highest BCUT2D eigenvalue weighted by Gasteiger charge is 2.14. The van der Waals surface area contributed by atoms with Gasteiger partial charge in [0.25, 0.3) is 0 Å². The van der Waals surface area contributed by atoms with Crippen LogP contribution < -0.4 is 0 Å². The summed E-state index contributed by atoms with van der Waals surface area (Å²) >= 11 is 0. The topological polar surface area (TPSA) is 35.5 Å². The van der Waals surface area contributed by atoms with Crippen LogP contribution in [-0.4, -0.2) is 5.97 Å². The Hall–Kier alpha value is -1.35. The van der Waals surface area contributed by atoms with Gasteiger partial charge in [-0.15, -0.1) is 0 Å². The van der Waals surface area contributed by atoms with E-state index in [0.29, 0.717) is 6.42 Å². The standard InChI is InChI=1S/C14H20O3/c1-4-13(12-8-6-5-7-9-12)16-17-14(15)10-11(2)3/h5-9,11,13H,4,10H2,1-3H3. The van der Waals surface area contributed by atoms with Gasteiger partial charge in [-0.2, -0.15) is 4.89 Å². The number of benzene rings is 1. The molecular formula is C14H20O3. The number of carbonyl (C=O) groups excluding carboxylic acids is 1. The molecule has 0 aliphatic heterocycles. The molecule has 3 nitrogen and oxygen atoms in total. The Kier molecular flexibility index (Phi) is 5.70. The van der Waals surface area contributed by atoms with Crippen molar-refractivity contribution < 1.29 is 14.6 Å². The summed E-state index contributed by atoms with van der Waals surface area (Å²) in [4.78, 5) is 21.4. The zero-order valence-electron chi connectivity index (χ0n) is 10.7. The summed E-state index contributed by atoms with van der Waals surface area (Å²) in [6.07, 6.45) is 0.955. The van der Waals surface area contributed by atoms with Gasteiger partial charge >= 0.3 is 5.97 Å². The van der Waals surface area contributed by atoms with Crippen LogP contribution >= 0.6 is 0 Å². The van der Waals surface area contributed by atoms with Crippen LogP contribution in [-0.2, 0) is 14.6 Å². The van der Waals surface area contributed by atoms with E-state index in [4.69, 9.17) is 9.78 Å². The molecule has 0 aromatic heterocycles. The minimum absolute atomic E-state index is 0.188. The lowest BCUT2D eigenvalue weighted by Gasteiger charge is -2.14. The van der Waals surface area contributed by atoms with Crippen molar-refractivity contribution in [2.24, 2.45) is 5.92 Å². The Morgan fingerprint density at radius 2 is 1.88 bits per heavy atom. The van der Waals surface area contributed by atoms with Crippen LogP contribution in [0.15, 0.2) is 30.3 Å². The molecule has 17 heavy (non-hydrogen) atoms. The molecule has 0 spiro atoms. The maximum Gasteiger partial charge on any atom is 0.342 e. The first-order valence-corrected chi connectivity index (χ1v) is 6.04. The Balaban J connectivity index is 2.46. The van der Waals surface area contributed by atoms with Crippen molar-refractivity contribution in [2.75, 3.05) is 0 Å². The highest BCUT2D eigenvalue weighted by atomic mass is 17.2. The molecule has 1 aromatic rings. The van der Waals surface area contributed by atoms with Crippen LogP contribution in [0.25, 0.3) is 0 Å². The molecule has 0 saturated heterocycles. The summed E-state index contributed by atoms with van der Waals surface area (Å²) in [7, 11) is 0. The van der Waals surface area contributed by atoms with Gasteiger partial charge in [0.1, 0.15) is 6.10 Å². The van der Waals surface area contributed by atoms with E-state index in [1.165, 1.54) is 0 Å². The van der Waals surface area contributed by atoms with E-state index >= 15 is 0 Å². The molecular weight excluding hydrogens is 216 g/mol. The third kappa shape index (κ3) is 5.00. The minimum atomic E-state index is -0.311. The smallest absolute Gasteiger partial charge is 0.298 e. The fourth-order valence-electron chi connectivity index (χ4n) is 1.51. The van der Waals surface area contributed by atoms with Crippen LogP contribution in [0.2, 0.25) is 0 Å². The molecule has 0 fully saturated rings. The van der Waals surface area contributed by atoms with Crippen LogP contribution in [0, 0.1) is 5.92 Å². The van der Waals surface area contributed by atoms with Gasteiger partial charge in [0.2, 0.25) is 0 Å². The summed E-state index contributed by atoms with van der Waals surface area (Å²) in [6, 6.07) is 9.75. The predicted molar refractivity (Wildman–Crippen MR) is 66.1 cm³/mol. The van der Waals surface area contributed by atoms with Crippen molar-refractivity contribution in [3.63, 3.8) is 0 Å². The summed E-state index contributed by atoms with van der Waals surface area (Å²) in [5.41, 5.74) is 1.02. The van der Waals surface area contributed by atoms with Gasteiger partial charge in [0.05, 0.1) is 6.42 Å². The monoisotopic (exact) mass is 236 g/mol. The Morgan fingerprint density at radius 3 is 2.41 bits per heavy atom. The minimum Gasteiger partial charge on any atom is -0.298 e. The molecule has 0 heterocycles. The Labute approximate surface area is 103 Å². The second-order valence-electron chi connectivity index (χ2n) is 4.46. The van der Waals surface area contributed by atoms with Gasteiger partial charge < -0.3 is 0 Å².